The molecule has 5 nitrogen and oxygen atoms in total. The van der Waals surface area contributed by atoms with Crippen molar-refractivity contribution < 1.29 is 4.74 Å². The lowest BCUT2D eigenvalue weighted by atomic mass is 10.1. The Kier molecular flexibility index (Phi) is 5.05. The lowest BCUT2D eigenvalue weighted by Gasteiger charge is -2.27. The zero-order valence-electron chi connectivity index (χ0n) is 15.9. The monoisotopic (exact) mass is 363 g/mol. The van der Waals surface area contributed by atoms with Gasteiger partial charge in [0.1, 0.15) is 5.82 Å². The van der Waals surface area contributed by atoms with Gasteiger partial charge >= 0.3 is 0 Å². The van der Waals surface area contributed by atoms with E-state index in [0.717, 1.165) is 43.2 Å². The van der Waals surface area contributed by atoms with Crippen LogP contribution in [0.3, 0.4) is 0 Å². The number of fused-ring (bicyclic) bond motifs is 1. The first-order chi connectivity index (χ1) is 13.1. The predicted octanol–water partition coefficient (Wildman–Crippen LogP) is 2.89. The zero-order valence-corrected chi connectivity index (χ0v) is 15.9. The summed E-state index contributed by atoms with van der Waals surface area (Å²) in [4.78, 5) is 20.4. The van der Waals surface area contributed by atoms with Crippen molar-refractivity contribution in [3.63, 3.8) is 0 Å². The van der Waals surface area contributed by atoms with Gasteiger partial charge in [0.2, 0.25) is 0 Å². The van der Waals surface area contributed by atoms with Crippen LogP contribution in [0.15, 0.2) is 47.3 Å². The minimum absolute atomic E-state index is 0.0322. The molecule has 1 fully saturated rings. The van der Waals surface area contributed by atoms with E-state index in [1.807, 2.05) is 28.8 Å². The van der Waals surface area contributed by atoms with Crippen LogP contribution in [0, 0.1) is 13.8 Å². The standard InChI is InChI=1S/C22H25N3O2/c1-16-7-8-17(2)18(13-16)14-25-21(15-24-9-11-27-12-10-24)23-20-6-4-3-5-19(20)22(25)26/h3-8,13H,9-12,14-15H2,1-2H3. The van der Waals surface area contributed by atoms with Crippen molar-refractivity contribution in [2.45, 2.75) is 26.9 Å². The van der Waals surface area contributed by atoms with E-state index >= 15 is 0 Å². The van der Waals surface area contributed by atoms with Crippen molar-refractivity contribution in [2.24, 2.45) is 0 Å². The van der Waals surface area contributed by atoms with E-state index in [9.17, 15) is 4.79 Å². The SMILES string of the molecule is Cc1ccc(C)c(Cn2c(CN3CCOCC3)nc3ccccc3c2=O)c1. The van der Waals surface area contributed by atoms with Gasteiger partial charge in [-0.3, -0.25) is 14.3 Å². The molecular weight excluding hydrogens is 338 g/mol. The number of rotatable bonds is 4. The van der Waals surface area contributed by atoms with Crippen LogP contribution in [-0.4, -0.2) is 40.8 Å². The Labute approximate surface area is 159 Å². The Balaban J connectivity index is 1.80. The number of ether oxygens (including phenoxy) is 1. The molecule has 1 aromatic heterocycles. The van der Waals surface area contributed by atoms with E-state index in [1.54, 1.807) is 0 Å². The van der Waals surface area contributed by atoms with E-state index in [0.29, 0.717) is 18.5 Å². The summed E-state index contributed by atoms with van der Waals surface area (Å²) in [5.41, 5.74) is 4.36. The molecule has 0 unspecified atom stereocenters. The molecule has 2 heterocycles. The Morgan fingerprint density at radius 1 is 1.04 bits per heavy atom. The highest BCUT2D eigenvalue weighted by Crippen LogP contribution is 2.15. The number of aryl methyl sites for hydroxylation is 2. The number of nitrogens with zero attached hydrogens (tertiary/aromatic N) is 3. The van der Waals surface area contributed by atoms with Crippen molar-refractivity contribution in [1.29, 1.82) is 0 Å². The fourth-order valence-electron chi connectivity index (χ4n) is 3.60. The van der Waals surface area contributed by atoms with Gasteiger partial charge in [0.15, 0.2) is 0 Å². The number of hydrogen-bond acceptors (Lipinski definition) is 4. The molecule has 1 aliphatic rings. The molecule has 4 rings (SSSR count). The minimum atomic E-state index is 0.0322. The highest BCUT2D eigenvalue weighted by atomic mass is 16.5. The molecule has 0 amide bonds. The average molecular weight is 363 g/mol. The summed E-state index contributed by atoms with van der Waals surface area (Å²) >= 11 is 0. The van der Waals surface area contributed by atoms with Crippen LogP contribution < -0.4 is 5.56 Å². The Hall–Kier alpha value is -2.50. The first-order valence-electron chi connectivity index (χ1n) is 9.46. The van der Waals surface area contributed by atoms with E-state index in [4.69, 9.17) is 9.72 Å². The molecule has 5 heteroatoms. The molecule has 0 N–H and O–H groups in total. The third-order valence-corrected chi connectivity index (χ3v) is 5.24. The highest BCUT2D eigenvalue weighted by molar-refractivity contribution is 5.77. The van der Waals surface area contributed by atoms with Crippen LogP contribution in [0.25, 0.3) is 10.9 Å². The Morgan fingerprint density at radius 3 is 2.63 bits per heavy atom. The molecule has 2 aromatic carbocycles. The number of aromatic nitrogens is 2. The second kappa shape index (κ2) is 7.62. The normalized spacial score (nSPS) is 15.3. The smallest absolute Gasteiger partial charge is 0.261 e. The van der Waals surface area contributed by atoms with Crippen LogP contribution in [0.5, 0.6) is 0 Å². The molecule has 0 radical (unpaired) electrons. The summed E-state index contributed by atoms with van der Waals surface area (Å²) in [5, 5.41) is 0.675. The molecular formula is C22H25N3O2. The summed E-state index contributed by atoms with van der Waals surface area (Å²) < 4.78 is 7.30. The van der Waals surface area contributed by atoms with Gasteiger partial charge in [-0.2, -0.15) is 0 Å². The van der Waals surface area contributed by atoms with Gasteiger partial charge in [0, 0.05) is 13.1 Å². The Morgan fingerprint density at radius 2 is 1.81 bits per heavy atom. The van der Waals surface area contributed by atoms with Gasteiger partial charge in [-0.1, -0.05) is 35.9 Å². The Bertz CT molecular complexity index is 1020. The topological polar surface area (TPSA) is 47.4 Å². The van der Waals surface area contributed by atoms with Crippen LogP contribution in [0.2, 0.25) is 0 Å². The van der Waals surface area contributed by atoms with Crippen molar-refractivity contribution in [1.82, 2.24) is 14.5 Å². The third kappa shape index (κ3) is 3.80. The quantitative estimate of drug-likeness (QED) is 0.715. The molecule has 0 saturated carbocycles. The second-order valence-corrected chi connectivity index (χ2v) is 7.25. The summed E-state index contributed by atoms with van der Waals surface area (Å²) in [7, 11) is 0. The fraction of sp³-hybridized carbons (Fsp3) is 0.364. The van der Waals surface area contributed by atoms with Gasteiger partial charge in [0.25, 0.3) is 5.56 Å². The maximum Gasteiger partial charge on any atom is 0.261 e. The first kappa shape index (κ1) is 17.9. The van der Waals surface area contributed by atoms with Crippen molar-refractivity contribution in [3.05, 3.63) is 75.3 Å². The second-order valence-electron chi connectivity index (χ2n) is 7.25. The molecule has 1 saturated heterocycles. The van der Waals surface area contributed by atoms with E-state index in [1.165, 1.54) is 11.1 Å². The fourth-order valence-corrected chi connectivity index (χ4v) is 3.60. The lowest BCUT2D eigenvalue weighted by molar-refractivity contribution is 0.0325. The number of para-hydroxylation sites is 1. The molecule has 0 bridgehead atoms. The van der Waals surface area contributed by atoms with E-state index < -0.39 is 0 Å². The van der Waals surface area contributed by atoms with Gasteiger partial charge in [0.05, 0.1) is 37.2 Å². The third-order valence-electron chi connectivity index (χ3n) is 5.24. The predicted molar refractivity (Wildman–Crippen MR) is 107 cm³/mol. The van der Waals surface area contributed by atoms with Crippen molar-refractivity contribution in [3.8, 4) is 0 Å². The van der Waals surface area contributed by atoms with Gasteiger partial charge in [-0.05, 0) is 37.1 Å². The van der Waals surface area contributed by atoms with Crippen molar-refractivity contribution >= 4 is 10.9 Å². The summed E-state index contributed by atoms with van der Waals surface area (Å²) in [5.74, 6) is 0.821. The molecule has 140 valence electrons. The summed E-state index contributed by atoms with van der Waals surface area (Å²) in [6.07, 6.45) is 0. The number of hydrogen-bond donors (Lipinski definition) is 0. The summed E-state index contributed by atoms with van der Waals surface area (Å²) in [6.45, 7) is 8.58. The highest BCUT2D eigenvalue weighted by Gasteiger charge is 2.17. The van der Waals surface area contributed by atoms with Gasteiger partial charge in [-0.25, -0.2) is 4.98 Å². The number of benzene rings is 2. The van der Waals surface area contributed by atoms with Gasteiger partial charge < -0.3 is 4.74 Å². The average Bonchev–Trinajstić information content (AvgIpc) is 2.68. The van der Waals surface area contributed by atoms with Crippen LogP contribution in [-0.2, 0) is 17.8 Å². The largest absolute Gasteiger partial charge is 0.379 e. The first-order valence-corrected chi connectivity index (χ1v) is 9.46. The van der Waals surface area contributed by atoms with Crippen molar-refractivity contribution in [2.75, 3.05) is 26.3 Å². The maximum absolute atomic E-state index is 13.3. The van der Waals surface area contributed by atoms with Gasteiger partial charge in [-0.15, -0.1) is 0 Å². The molecule has 1 aliphatic heterocycles. The van der Waals surface area contributed by atoms with Crippen LogP contribution in [0.1, 0.15) is 22.5 Å². The van der Waals surface area contributed by atoms with Crippen LogP contribution in [0.4, 0.5) is 0 Å². The van der Waals surface area contributed by atoms with E-state index in [2.05, 4.69) is 36.9 Å². The number of morpholine rings is 1. The molecule has 0 aliphatic carbocycles. The molecule has 27 heavy (non-hydrogen) atoms. The molecule has 3 aromatic rings. The zero-order chi connectivity index (χ0) is 18.8. The van der Waals surface area contributed by atoms with Crippen LogP contribution >= 0.6 is 0 Å². The summed E-state index contributed by atoms with van der Waals surface area (Å²) in [6, 6.07) is 14.0. The lowest BCUT2D eigenvalue weighted by Crippen LogP contribution is -2.38. The minimum Gasteiger partial charge on any atom is -0.379 e. The molecule has 0 spiro atoms. The maximum atomic E-state index is 13.3. The molecule has 0 atom stereocenters. The van der Waals surface area contributed by atoms with E-state index in [-0.39, 0.29) is 5.56 Å².